The second-order valence-electron chi connectivity index (χ2n) is 6.65. The minimum atomic E-state index is -0.692. The molecule has 0 atom stereocenters. The van der Waals surface area contributed by atoms with Crippen LogP contribution in [0.3, 0.4) is 0 Å². The molecule has 0 radical (unpaired) electrons. The number of nitro benzene ring substituents is 1. The van der Waals surface area contributed by atoms with E-state index in [0.29, 0.717) is 27.0 Å². The number of nitrogens with one attached hydrogen (secondary N) is 1. The van der Waals surface area contributed by atoms with Crippen molar-refractivity contribution in [2.45, 2.75) is 20.5 Å². The third kappa shape index (κ3) is 6.02. The van der Waals surface area contributed by atoms with Crippen LogP contribution < -0.4 is 10.1 Å². The predicted octanol–water partition coefficient (Wildman–Crippen LogP) is 4.70. The maximum atomic E-state index is 12.4. The molecule has 0 aliphatic carbocycles. The van der Waals surface area contributed by atoms with Gasteiger partial charge >= 0.3 is 5.97 Å². The van der Waals surface area contributed by atoms with E-state index >= 15 is 0 Å². The summed E-state index contributed by atoms with van der Waals surface area (Å²) in [4.78, 5) is 39.5. The van der Waals surface area contributed by atoms with Gasteiger partial charge in [-0.15, -0.1) is 11.3 Å². The van der Waals surface area contributed by atoms with Gasteiger partial charge in [-0.05, 0) is 44.2 Å². The number of esters is 1. The molecule has 1 aromatic heterocycles. The van der Waals surface area contributed by atoms with Crippen LogP contribution in [-0.2, 0) is 16.1 Å². The molecule has 0 aliphatic rings. The van der Waals surface area contributed by atoms with Gasteiger partial charge in [0, 0.05) is 22.3 Å². The van der Waals surface area contributed by atoms with Crippen LogP contribution in [0, 0.1) is 24.0 Å². The number of benzene rings is 2. The molecule has 1 N–H and O–H groups in total. The molecule has 0 fully saturated rings. The Morgan fingerprint density at radius 2 is 1.91 bits per heavy atom. The number of halogens is 1. The van der Waals surface area contributed by atoms with Crippen LogP contribution in [0.2, 0.25) is 5.02 Å². The average Bonchev–Trinajstić information content (AvgIpc) is 3.13. The van der Waals surface area contributed by atoms with Crippen molar-refractivity contribution in [3.8, 4) is 5.75 Å². The summed E-state index contributed by atoms with van der Waals surface area (Å²) in [5.74, 6) is -0.702. The largest absolute Gasteiger partial charge is 0.486 e. The number of carbonyl (C=O) groups is 2. The lowest BCUT2D eigenvalue weighted by Gasteiger charge is -2.07. The third-order valence-electron chi connectivity index (χ3n) is 4.23. The van der Waals surface area contributed by atoms with Crippen LogP contribution in [-0.4, -0.2) is 28.4 Å². The van der Waals surface area contributed by atoms with Crippen molar-refractivity contribution in [3.05, 3.63) is 78.7 Å². The van der Waals surface area contributed by atoms with Gasteiger partial charge in [-0.2, -0.15) is 0 Å². The number of nitrogens with zero attached hydrogens (tertiary/aromatic N) is 2. The fraction of sp³-hybridized carbons (Fsp3) is 0.190. The van der Waals surface area contributed by atoms with Crippen molar-refractivity contribution >= 4 is 46.2 Å². The zero-order valence-electron chi connectivity index (χ0n) is 17.1. The van der Waals surface area contributed by atoms with Crippen LogP contribution in [0.25, 0.3) is 0 Å². The van der Waals surface area contributed by atoms with E-state index in [-0.39, 0.29) is 22.9 Å². The number of ether oxygens (including phenoxy) is 2. The van der Waals surface area contributed by atoms with E-state index in [0.717, 1.165) is 11.3 Å². The van der Waals surface area contributed by atoms with E-state index in [1.54, 1.807) is 38.1 Å². The minimum Gasteiger partial charge on any atom is -0.486 e. The first-order chi connectivity index (χ1) is 15.2. The number of anilines is 1. The maximum absolute atomic E-state index is 12.4. The molecule has 166 valence electrons. The Morgan fingerprint density at radius 1 is 1.19 bits per heavy atom. The number of nitro groups is 1. The molecule has 0 unspecified atom stereocenters. The molecule has 0 spiro atoms. The van der Waals surface area contributed by atoms with Crippen molar-refractivity contribution in [1.29, 1.82) is 0 Å². The van der Waals surface area contributed by atoms with Crippen LogP contribution in [0.15, 0.2) is 42.5 Å². The van der Waals surface area contributed by atoms with Crippen molar-refractivity contribution in [3.63, 3.8) is 0 Å². The summed E-state index contributed by atoms with van der Waals surface area (Å²) in [6.45, 7) is 2.86. The highest BCUT2D eigenvalue weighted by Crippen LogP contribution is 2.23. The Balaban J connectivity index is 1.54. The third-order valence-corrected chi connectivity index (χ3v) is 5.59. The van der Waals surface area contributed by atoms with Gasteiger partial charge in [0.25, 0.3) is 11.6 Å². The number of hydrogen-bond donors (Lipinski definition) is 1. The SMILES string of the molecule is Cc1ccc(NC(=O)COC(=O)c2sc(COc3ccc(Cl)cc3)nc2C)cc1[N+](=O)[O-]. The number of aryl methyl sites for hydroxylation is 2. The molecule has 0 aliphatic heterocycles. The summed E-state index contributed by atoms with van der Waals surface area (Å²) in [5.41, 5.74) is 1.05. The van der Waals surface area contributed by atoms with Gasteiger partial charge < -0.3 is 14.8 Å². The van der Waals surface area contributed by atoms with Gasteiger partial charge in [-0.3, -0.25) is 14.9 Å². The van der Waals surface area contributed by atoms with Crippen LogP contribution in [0.1, 0.15) is 25.9 Å². The van der Waals surface area contributed by atoms with Gasteiger partial charge in [0.2, 0.25) is 0 Å². The normalized spacial score (nSPS) is 10.5. The summed E-state index contributed by atoms with van der Waals surface area (Å²) in [6, 6.07) is 11.1. The molecule has 0 saturated heterocycles. The van der Waals surface area contributed by atoms with Crippen LogP contribution >= 0.6 is 22.9 Å². The first-order valence-corrected chi connectivity index (χ1v) is 10.5. The van der Waals surface area contributed by atoms with Crippen LogP contribution in [0.5, 0.6) is 5.75 Å². The zero-order chi connectivity index (χ0) is 23.3. The highest BCUT2D eigenvalue weighted by Gasteiger charge is 2.19. The van der Waals surface area contributed by atoms with E-state index in [9.17, 15) is 19.7 Å². The summed E-state index contributed by atoms with van der Waals surface area (Å²) >= 11 is 6.95. The Kier molecular flexibility index (Phi) is 7.39. The highest BCUT2D eigenvalue weighted by atomic mass is 35.5. The van der Waals surface area contributed by atoms with Crippen LogP contribution in [0.4, 0.5) is 11.4 Å². The van der Waals surface area contributed by atoms with Crippen molar-refractivity contribution < 1.29 is 24.0 Å². The summed E-state index contributed by atoms with van der Waals surface area (Å²) in [5, 5.41) is 14.6. The lowest BCUT2D eigenvalue weighted by molar-refractivity contribution is -0.385. The Hall–Kier alpha value is -3.50. The number of amides is 1. The molecule has 1 amide bonds. The standard InChI is InChI=1S/C21H18ClN3O6S/c1-12-3-6-15(9-17(12)25(28)29)24-18(26)10-31-21(27)20-13(2)23-19(32-20)11-30-16-7-4-14(22)5-8-16/h3-9H,10-11H2,1-2H3,(H,24,26). The molecule has 1 heterocycles. The van der Waals surface area contributed by atoms with Gasteiger partial charge in [0.05, 0.1) is 10.6 Å². The second-order valence-corrected chi connectivity index (χ2v) is 8.17. The monoisotopic (exact) mass is 475 g/mol. The van der Waals surface area contributed by atoms with Crippen molar-refractivity contribution in [1.82, 2.24) is 4.98 Å². The quantitative estimate of drug-likeness (QED) is 0.285. The van der Waals surface area contributed by atoms with E-state index in [2.05, 4.69) is 10.3 Å². The number of carbonyl (C=O) groups excluding carboxylic acids is 2. The summed E-state index contributed by atoms with van der Waals surface area (Å²) < 4.78 is 10.7. The van der Waals surface area contributed by atoms with Gasteiger partial charge in [0.15, 0.2) is 6.61 Å². The van der Waals surface area contributed by atoms with Gasteiger partial charge in [-0.25, -0.2) is 9.78 Å². The second kappa shape index (κ2) is 10.2. The number of thiazole rings is 1. The molecule has 3 aromatic rings. The molecular formula is C21H18ClN3O6S. The lowest BCUT2D eigenvalue weighted by Crippen LogP contribution is -2.21. The number of hydrogen-bond acceptors (Lipinski definition) is 8. The lowest BCUT2D eigenvalue weighted by atomic mass is 10.2. The molecule has 3 rings (SSSR count). The summed E-state index contributed by atoms with van der Waals surface area (Å²) in [6.07, 6.45) is 0. The zero-order valence-corrected chi connectivity index (χ0v) is 18.7. The molecule has 32 heavy (non-hydrogen) atoms. The molecule has 11 heteroatoms. The number of aromatic nitrogens is 1. The molecular weight excluding hydrogens is 458 g/mol. The first kappa shape index (κ1) is 23.2. The topological polar surface area (TPSA) is 121 Å². The van der Waals surface area contributed by atoms with Gasteiger partial charge in [0.1, 0.15) is 22.2 Å². The molecule has 9 nitrogen and oxygen atoms in total. The fourth-order valence-corrected chi connectivity index (χ4v) is 3.65. The van der Waals surface area contributed by atoms with E-state index in [1.165, 1.54) is 18.2 Å². The maximum Gasteiger partial charge on any atom is 0.350 e. The first-order valence-electron chi connectivity index (χ1n) is 9.29. The van der Waals surface area contributed by atoms with Crippen molar-refractivity contribution in [2.24, 2.45) is 0 Å². The Bertz CT molecular complexity index is 1160. The molecule has 0 saturated carbocycles. The Morgan fingerprint density at radius 3 is 2.59 bits per heavy atom. The summed E-state index contributed by atoms with van der Waals surface area (Å²) in [7, 11) is 0. The molecule has 2 aromatic carbocycles. The number of rotatable bonds is 8. The smallest absolute Gasteiger partial charge is 0.350 e. The Labute approximate surface area is 192 Å². The minimum absolute atomic E-state index is 0.117. The van der Waals surface area contributed by atoms with E-state index < -0.39 is 23.4 Å². The highest BCUT2D eigenvalue weighted by molar-refractivity contribution is 7.13. The van der Waals surface area contributed by atoms with Gasteiger partial charge in [-0.1, -0.05) is 17.7 Å². The fourth-order valence-electron chi connectivity index (χ4n) is 2.66. The molecule has 0 bridgehead atoms. The predicted molar refractivity (Wildman–Crippen MR) is 119 cm³/mol. The average molecular weight is 476 g/mol. The van der Waals surface area contributed by atoms with E-state index in [4.69, 9.17) is 21.1 Å². The van der Waals surface area contributed by atoms with E-state index in [1.807, 2.05) is 0 Å². The van der Waals surface area contributed by atoms with Crippen molar-refractivity contribution in [2.75, 3.05) is 11.9 Å².